The Morgan fingerprint density at radius 3 is 2.84 bits per heavy atom. The summed E-state index contributed by atoms with van der Waals surface area (Å²) in [6.07, 6.45) is 1.58. The number of nitrogens with one attached hydrogen (secondary N) is 1. The van der Waals surface area contributed by atoms with Crippen LogP contribution in [0, 0.1) is 10.1 Å². The minimum absolute atomic E-state index is 0.00263. The second-order valence-corrected chi connectivity index (χ2v) is 8.93. The maximum absolute atomic E-state index is 11.5. The number of rotatable bonds is 9. The molecule has 11 heteroatoms. The van der Waals surface area contributed by atoms with Gasteiger partial charge in [0.1, 0.15) is 0 Å². The van der Waals surface area contributed by atoms with E-state index in [1.54, 1.807) is 24.4 Å². The SMILES string of the molecule is CCOC(=O)Cc1csc(NN=Cc2ccc(Sc3ccc(Br)cc3)c([N+](=O)[O-])c2)n1. The van der Waals surface area contributed by atoms with Gasteiger partial charge in [0, 0.05) is 26.4 Å². The number of hydrogen-bond donors (Lipinski definition) is 1. The number of ether oxygens (including phenoxy) is 1. The number of hydrogen-bond acceptors (Lipinski definition) is 9. The van der Waals surface area contributed by atoms with Crippen molar-refractivity contribution in [2.45, 2.75) is 23.1 Å². The second kappa shape index (κ2) is 11.0. The zero-order valence-corrected chi connectivity index (χ0v) is 19.5. The van der Waals surface area contributed by atoms with E-state index in [-0.39, 0.29) is 18.1 Å². The maximum atomic E-state index is 11.5. The van der Waals surface area contributed by atoms with Gasteiger partial charge in [0.05, 0.1) is 34.8 Å². The Labute approximate surface area is 195 Å². The fourth-order valence-corrected chi connectivity index (χ4v) is 4.26. The van der Waals surface area contributed by atoms with E-state index in [0.717, 1.165) is 9.37 Å². The third-order valence-electron chi connectivity index (χ3n) is 3.78. The summed E-state index contributed by atoms with van der Waals surface area (Å²) in [5.74, 6) is -0.337. The molecule has 1 aromatic heterocycles. The Kier molecular flexibility index (Phi) is 8.15. The van der Waals surface area contributed by atoms with Gasteiger partial charge in [-0.15, -0.1) is 11.3 Å². The number of nitro benzene ring substituents is 1. The maximum Gasteiger partial charge on any atom is 0.311 e. The minimum Gasteiger partial charge on any atom is -0.466 e. The highest BCUT2D eigenvalue weighted by molar-refractivity contribution is 9.10. The van der Waals surface area contributed by atoms with Crippen molar-refractivity contribution >= 4 is 62.0 Å². The predicted octanol–water partition coefficient (Wildman–Crippen LogP) is 5.52. The molecule has 31 heavy (non-hydrogen) atoms. The van der Waals surface area contributed by atoms with E-state index in [4.69, 9.17) is 4.74 Å². The van der Waals surface area contributed by atoms with E-state index in [1.165, 1.54) is 35.4 Å². The van der Waals surface area contributed by atoms with Crippen LogP contribution in [0.25, 0.3) is 0 Å². The fourth-order valence-electron chi connectivity index (χ4n) is 2.43. The van der Waals surface area contributed by atoms with Crippen molar-refractivity contribution in [1.29, 1.82) is 0 Å². The van der Waals surface area contributed by atoms with Crippen molar-refractivity contribution < 1.29 is 14.5 Å². The van der Waals surface area contributed by atoms with Gasteiger partial charge in [-0.05, 0) is 37.3 Å². The fraction of sp³-hybridized carbons (Fsp3) is 0.150. The number of esters is 1. The Hall–Kier alpha value is -2.76. The monoisotopic (exact) mass is 520 g/mol. The summed E-state index contributed by atoms with van der Waals surface area (Å²) in [4.78, 5) is 28.3. The molecule has 0 atom stereocenters. The van der Waals surface area contributed by atoms with Crippen LogP contribution in [0.5, 0.6) is 0 Å². The number of carbonyl (C=O) groups is 1. The summed E-state index contributed by atoms with van der Waals surface area (Å²) in [6, 6.07) is 12.5. The molecule has 1 heterocycles. The molecule has 0 aliphatic heterocycles. The lowest BCUT2D eigenvalue weighted by Crippen LogP contribution is -2.07. The topological polar surface area (TPSA) is 107 Å². The summed E-state index contributed by atoms with van der Waals surface area (Å²) >= 11 is 6.00. The van der Waals surface area contributed by atoms with Crippen molar-refractivity contribution in [3.63, 3.8) is 0 Å². The average Bonchev–Trinajstić information content (AvgIpc) is 3.17. The molecule has 0 fully saturated rings. The van der Waals surface area contributed by atoms with Gasteiger partial charge in [0.15, 0.2) is 0 Å². The highest BCUT2D eigenvalue weighted by atomic mass is 79.9. The number of halogens is 1. The van der Waals surface area contributed by atoms with Crippen molar-refractivity contribution in [2.24, 2.45) is 5.10 Å². The van der Waals surface area contributed by atoms with E-state index in [1.807, 2.05) is 24.3 Å². The van der Waals surface area contributed by atoms with Crippen LogP contribution in [0.1, 0.15) is 18.2 Å². The van der Waals surface area contributed by atoms with E-state index in [2.05, 4.69) is 31.4 Å². The number of anilines is 1. The lowest BCUT2D eigenvalue weighted by Gasteiger charge is -2.04. The number of carbonyl (C=O) groups excluding carboxylic acids is 1. The molecule has 0 spiro atoms. The first kappa shape index (κ1) is 22.9. The summed E-state index contributed by atoms with van der Waals surface area (Å²) < 4.78 is 5.84. The first-order valence-electron chi connectivity index (χ1n) is 9.05. The van der Waals surface area contributed by atoms with Crippen LogP contribution in [0.4, 0.5) is 10.8 Å². The van der Waals surface area contributed by atoms with Crippen molar-refractivity contribution in [3.8, 4) is 0 Å². The van der Waals surface area contributed by atoms with Gasteiger partial charge < -0.3 is 4.74 Å². The van der Waals surface area contributed by atoms with Crippen LogP contribution >= 0.6 is 39.0 Å². The van der Waals surface area contributed by atoms with Gasteiger partial charge in [0.25, 0.3) is 5.69 Å². The van der Waals surface area contributed by atoms with E-state index < -0.39 is 4.92 Å². The molecule has 0 saturated carbocycles. The number of benzene rings is 2. The molecule has 0 aliphatic carbocycles. The Bertz CT molecular complexity index is 1100. The van der Waals surface area contributed by atoms with Gasteiger partial charge in [0.2, 0.25) is 5.13 Å². The summed E-state index contributed by atoms with van der Waals surface area (Å²) in [7, 11) is 0. The van der Waals surface area contributed by atoms with Gasteiger partial charge in [-0.1, -0.05) is 33.8 Å². The van der Waals surface area contributed by atoms with Crippen molar-refractivity contribution in [3.05, 3.63) is 73.7 Å². The molecule has 2 aromatic carbocycles. The van der Waals surface area contributed by atoms with Crippen molar-refractivity contribution in [2.75, 3.05) is 12.0 Å². The molecule has 3 rings (SSSR count). The number of nitro groups is 1. The molecular weight excluding hydrogens is 504 g/mol. The molecule has 0 saturated heterocycles. The number of aromatic nitrogens is 1. The molecule has 160 valence electrons. The van der Waals surface area contributed by atoms with Crippen LogP contribution in [-0.4, -0.2) is 28.7 Å². The predicted molar refractivity (Wildman–Crippen MR) is 125 cm³/mol. The molecule has 0 unspecified atom stereocenters. The van der Waals surface area contributed by atoms with Crippen LogP contribution < -0.4 is 5.43 Å². The average molecular weight is 521 g/mol. The Balaban J connectivity index is 1.66. The molecule has 0 aliphatic rings. The molecule has 0 bridgehead atoms. The Morgan fingerprint density at radius 1 is 1.35 bits per heavy atom. The van der Waals surface area contributed by atoms with Crippen LogP contribution in [0.3, 0.4) is 0 Å². The van der Waals surface area contributed by atoms with E-state index in [0.29, 0.717) is 27.9 Å². The standard InChI is InChI=1S/C20H17BrN4O4S2/c1-2-29-19(26)10-15-12-30-20(23-15)24-22-11-13-3-8-18(17(9-13)25(27)28)31-16-6-4-14(21)5-7-16/h3-9,11-12H,2,10H2,1H3,(H,23,24). The normalized spacial score (nSPS) is 10.9. The zero-order chi connectivity index (χ0) is 22.2. The summed E-state index contributed by atoms with van der Waals surface area (Å²) in [5.41, 5.74) is 3.94. The smallest absolute Gasteiger partial charge is 0.311 e. The van der Waals surface area contributed by atoms with Gasteiger partial charge in [-0.3, -0.25) is 20.3 Å². The molecule has 1 N–H and O–H groups in total. The highest BCUT2D eigenvalue weighted by Crippen LogP contribution is 2.35. The quantitative estimate of drug-likeness (QED) is 0.171. The van der Waals surface area contributed by atoms with E-state index >= 15 is 0 Å². The van der Waals surface area contributed by atoms with Gasteiger partial charge in [-0.25, -0.2) is 4.98 Å². The summed E-state index contributed by atoms with van der Waals surface area (Å²) in [6.45, 7) is 2.07. The lowest BCUT2D eigenvalue weighted by atomic mass is 10.2. The van der Waals surface area contributed by atoms with Gasteiger partial charge in [-0.2, -0.15) is 5.10 Å². The molecule has 3 aromatic rings. The lowest BCUT2D eigenvalue weighted by molar-refractivity contribution is -0.387. The first-order chi connectivity index (χ1) is 14.9. The largest absolute Gasteiger partial charge is 0.466 e. The highest BCUT2D eigenvalue weighted by Gasteiger charge is 2.15. The zero-order valence-electron chi connectivity index (χ0n) is 16.3. The van der Waals surface area contributed by atoms with Crippen LogP contribution in [0.2, 0.25) is 0 Å². The second-order valence-electron chi connectivity index (χ2n) is 6.04. The van der Waals surface area contributed by atoms with Crippen LogP contribution in [0.15, 0.2) is 67.2 Å². The van der Waals surface area contributed by atoms with E-state index in [9.17, 15) is 14.9 Å². The third-order valence-corrected chi connectivity index (χ3v) is 6.17. The molecular formula is C20H17BrN4O4S2. The number of nitrogens with zero attached hydrogens (tertiary/aromatic N) is 3. The molecule has 8 nitrogen and oxygen atoms in total. The summed E-state index contributed by atoms with van der Waals surface area (Å²) in [5, 5.41) is 17.9. The molecule has 0 radical (unpaired) electrons. The number of hydrazone groups is 1. The number of thiazole rings is 1. The third kappa shape index (κ3) is 6.88. The Morgan fingerprint density at radius 2 is 2.13 bits per heavy atom. The minimum atomic E-state index is -0.408. The van der Waals surface area contributed by atoms with Crippen molar-refractivity contribution in [1.82, 2.24) is 4.98 Å². The van der Waals surface area contributed by atoms with Gasteiger partial charge >= 0.3 is 5.97 Å². The van der Waals surface area contributed by atoms with Crippen LogP contribution in [-0.2, 0) is 16.0 Å². The first-order valence-corrected chi connectivity index (χ1v) is 11.5. The molecule has 0 amide bonds.